The second-order valence-electron chi connectivity index (χ2n) is 7.97. The minimum Gasteiger partial charge on any atom is -0.492 e. The second-order valence-corrected chi connectivity index (χ2v) is 8.79. The molecule has 0 aromatic heterocycles. The minimum absolute atomic E-state index is 0.00302. The molecule has 176 valence electrons. The van der Waals surface area contributed by atoms with Gasteiger partial charge in [0.05, 0.1) is 23.0 Å². The van der Waals surface area contributed by atoms with E-state index >= 15 is 0 Å². The van der Waals surface area contributed by atoms with Crippen LogP contribution in [0.15, 0.2) is 42.5 Å². The van der Waals surface area contributed by atoms with E-state index in [1.165, 1.54) is 0 Å². The lowest BCUT2D eigenvalue weighted by atomic mass is 10.1. The van der Waals surface area contributed by atoms with E-state index in [1.54, 1.807) is 18.2 Å². The van der Waals surface area contributed by atoms with E-state index in [-0.39, 0.29) is 22.8 Å². The van der Waals surface area contributed by atoms with Crippen molar-refractivity contribution in [3.8, 4) is 5.75 Å². The number of piperazine rings is 1. The fourth-order valence-electron chi connectivity index (χ4n) is 3.63. The van der Waals surface area contributed by atoms with Gasteiger partial charge in [0.1, 0.15) is 5.75 Å². The van der Waals surface area contributed by atoms with E-state index in [1.807, 2.05) is 49.9 Å². The zero-order chi connectivity index (χ0) is 24.0. The lowest BCUT2D eigenvalue weighted by Gasteiger charge is -2.37. The van der Waals surface area contributed by atoms with Crippen LogP contribution in [0.1, 0.15) is 31.1 Å². The molecule has 1 saturated heterocycles. The number of rotatable bonds is 6. The van der Waals surface area contributed by atoms with Crippen molar-refractivity contribution in [3.05, 3.63) is 53.1 Å². The van der Waals surface area contributed by atoms with E-state index in [0.29, 0.717) is 36.0 Å². The highest BCUT2D eigenvalue weighted by atomic mass is 35.5. The molecule has 1 fully saturated rings. The maximum atomic E-state index is 12.6. The van der Waals surface area contributed by atoms with Crippen LogP contribution >= 0.6 is 23.8 Å². The van der Waals surface area contributed by atoms with Crippen LogP contribution in [0.25, 0.3) is 0 Å². The Kier molecular flexibility index (Phi) is 8.52. The first-order valence-corrected chi connectivity index (χ1v) is 11.8. The number of hydrogen-bond acceptors (Lipinski definition) is 5. The van der Waals surface area contributed by atoms with Gasteiger partial charge < -0.3 is 19.9 Å². The average molecular weight is 489 g/mol. The molecular formula is C24H29ClN4O3S. The Labute approximate surface area is 205 Å². The Morgan fingerprint density at radius 3 is 2.45 bits per heavy atom. The molecule has 0 radical (unpaired) electrons. The lowest BCUT2D eigenvalue weighted by molar-refractivity contribution is -0.134. The van der Waals surface area contributed by atoms with Gasteiger partial charge in [-0.1, -0.05) is 37.6 Å². The van der Waals surface area contributed by atoms with Crippen molar-refractivity contribution in [2.24, 2.45) is 5.92 Å². The van der Waals surface area contributed by atoms with Gasteiger partial charge in [-0.3, -0.25) is 14.9 Å². The van der Waals surface area contributed by atoms with Crippen molar-refractivity contribution in [3.63, 3.8) is 0 Å². The number of amides is 2. The monoisotopic (exact) mass is 488 g/mol. The number of hydrogen-bond donors (Lipinski definition) is 2. The molecule has 0 unspecified atom stereocenters. The first-order valence-electron chi connectivity index (χ1n) is 11.0. The normalized spacial score (nSPS) is 13.6. The van der Waals surface area contributed by atoms with Gasteiger partial charge in [0.15, 0.2) is 5.11 Å². The number of nitrogens with one attached hydrogen (secondary N) is 2. The van der Waals surface area contributed by atoms with Crippen LogP contribution < -0.4 is 20.3 Å². The number of nitrogens with zero attached hydrogens (tertiary/aromatic N) is 2. The fraction of sp³-hybridized carbons (Fsp3) is 0.375. The number of thiocarbonyl (C=S) groups is 1. The first-order chi connectivity index (χ1) is 15.8. The van der Waals surface area contributed by atoms with E-state index < -0.39 is 0 Å². The molecule has 2 aromatic carbocycles. The molecule has 33 heavy (non-hydrogen) atoms. The molecule has 1 aliphatic rings. The molecule has 0 saturated carbocycles. The molecular weight excluding hydrogens is 460 g/mol. The fourth-order valence-corrected chi connectivity index (χ4v) is 4.07. The molecule has 3 rings (SSSR count). The number of para-hydroxylation sites is 2. The Bertz CT molecular complexity index is 1020. The first kappa shape index (κ1) is 24.8. The predicted octanol–water partition coefficient (Wildman–Crippen LogP) is 4.17. The number of carbonyl (C=O) groups excluding carboxylic acids is 2. The summed E-state index contributed by atoms with van der Waals surface area (Å²) in [5.74, 6) is 0.340. The van der Waals surface area contributed by atoms with Gasteiger partial charge >= 0.3 is 0 Å². The molecule has 1 heterocycles. The molecule has 2 aromatic rings. The van der Waals surface area contributed by atoms with E-state index in [0.717, 1.165) is 24.5 Å². The van der Waals surface area contributed by atoms with Crippen molar-refractivity contribution in [1.29, 1.82) is 0 Å². The summed E-state index contributed by atoms with van der Waals surface area (Å²) < 4.78 is 5.41. The Hall–Kier alpha value is -2.84. The third kappa shape index (κ3) is 6.36. The van der Waals surface area contributed by atoms with Crippen molar-refractivity contribution >= 4 is 52.1 Å². The maximum absolute atomic E-state index is 12.6. The highest BCUT2D eigenvalue weighted by Crippen LogP contribution is 2.27. The zero-order valence-electron chi connectivity index (χ0n) is 19.1. The summed E-state index contributed by atoms with van der Waals surface area (Å²) in [6.07, 6.45) is 0. The summed E-state index contributed by atoms with van der Waals surface area (Å²) in [5, 5.41) is 6.38. The molecule has 9 heteroatoms. The van der Waals surface area contributed by atoms with Gasteiger partial charge in [-0.25, -0.2) is 0 Å². The number of halogens is 1. The molecule has 0 bridgehead atoms. The van der Waals surface area contributed by atoms with Crippen molar-refractivity contribution in [1.82, 2.24) is 10.2 Å². The molecule has 7 nitrogen and oxygen atoms in total. The number of anilines is 2. The van der Waals surface area contributed by atoms with Gasteiger partial charge in [0.2, 0.25) is 5.91 Å². The van der Waals surface area contributed by atoms with Gasteiger partial charge in [-0.2, -0.15) is 0 Å². The minimum atomic E-state index is -0.365. The van der Waals surface area contributed by atoms with Crippen LogP contribution in [0.4, 0.5) is 11.4 Å². The Morgan fingerprint density at radius 2 is 1.82 bits per heavy atom. The molecule has 0 atom stereocenters. The van der Waals surface area contributed by atoms with Crippen molar-refractivity contribution in [2.75, 3.05) is 43.0 Å². The maximum Gasteiger partial charge on any atom is 0.257 e. The van der Waals surface area contributed by atoms with E-state index in [9.17, 15) is 9.59 Å². The Morgan fingerprint density at radius 1 is 1.12 bits per heavy atom. The molecule has 2 amide bonds. The van der Waals surface area contributed by atoms with Crippen molar-refractivity contribution in [2.45, 2.75) is 20.8 Å². The highest BCUT2D eigenvalue weighted by molar-refractivity contribution is 7.80. The third-order valence-corrected chi connectivity index (χ3v) is 5.80. The van der Waals surface area contributed by atoms with Gasteiger partial charge in [0, 0.05) is 37.7 Å². The van der Waals surface area contributed by atoms with Crippen LogP contribution in [0.2, 0.25) is 5.02 Å². The van der Waals surface area contributed by atoms with Crippen molar-refractivity contribution < 1.29 is 14.3 Å². The molecule has 1 aliphatic heterocycles. The number of ether oxygens (including phenoxy) is 1. The van der Waals surface area contributed by atoms with E-state index in [2.05, 4.69) is 15.5 Å². The van der Waals surface area contributed by atoms with Crippen LogP contribution in [-0.4, -0.2) is 54.6 Å². The van der Waals surface area contributed by atoms with E-state index in [4.69, 9.17) is 28.6 Å². The third-order valence-electron chi connectivity index (χ3n) is 5.30. The molecule has 0 spiro atoms. The summed E-state index contributed by atoms with van der Waals surface area (Å²) in [7, 11) is 0. The van der Waals surface area contributed by atoms with Gasteiger partial charge in [0.25, 0.3) is 5.91 Å². The standard InChI is InChI=1S/C24H29ClN4O3S/c1-4-32-21-10-9-17(15-18(21)25)22(30)27-24(33)26-19-7-5-6-8-20(19)28-11-13-29(14-12-28)23(31)16(2)3/h5-10,15-16H,4,11-14H2,1-3H3,(H2,26,27,30,33). The van der Waals surface area contributed by atoms with Gasteiger partial charge in [-0.15, -0.1) is 0 Å². The largest absolute Gasteiger partial charge is 0.492 e. The smallest absolute Gasteiger partial charge is 0.257 e. The summed E-state index contributed by atoms with van der Waals surface area (Å²) in [4.78, 5) is 29.0. The van der Waals surface area contributed by atoms with Crippen LogP contribution in [0.5, 0.6) is 5.75 Å². The SMILES string of the molecule is CCOc1ccc(C(=O)NC(=S)Nc2ccccc2N2CCN(C(=O)C(C)C)CC2)cc1Cl. The topological polar surface area (TPSA) is 73.9 Å². The number of benzene rings is 2. The zero-order valence-corrected chi connectivity index (χ0v) is 20.6. The molecule has 2 N–H and O–H groups in total. The van der Waals surface area contributed by atoms with Gasteiger partial charge in [-0.05, 0) is 49.5 Å². The summed E-state index contributed by atoms with van der Waals surface area (Å²) in [6.45, 7) is 8.98. The Balaban J connectivity index is 1.63. The summed E-state index contributed by atoms with van der Waals surface area (Å²) in [5.41, 5.74) is 2.14. The predicted molar refractivity (Wildman–Crippen MR) is 136 cm³/mol. The summed E-state index contributed by atoms with van der Waals surface area (Å²) in [6, 6.07) is 12.6. The van der Waals surface area contributed by atoms with Crippen LogP contribution in [0, 0.1) is 5.92 Å². The second kappa shape index (κ2) is 11.3. The highest BCUT2D eigenvalue weighted by Gasteiger charge is 2.24. The molecule has 0 aliphatic carbocycles. The van der Waals surface area contributed by atoms with Crippen LogP contribution in [-0.2, 0) is 4.79 Å². The lowest BCUT2D eigenvalue weighted by Crippen LogP contribution is -2.50. The van der Waals surface area contributed by atoms with Crippen LogP contribution in [0.3, 0.4) is 0 Å². The number of carbonyl (C=O) groups is 2. The summed E-state index contributed by atoms with van der Waals surface area (Å²) >= 11 is 11.6. The average Bonchev–Trinajstić information content (AvgIpc) is 2.80. The quantitative estimate of drug-likeness (QED) is 0.594.